The number of carbonyl (C=O) groups is 1. The molecule has 2 aromatic rings. The van der Waals surface area contributed by atoms with Crippen molar-refractivity contribution in [2.24, 2.45) is 0 Å². The van der Waals surface area contributed by atoms with E-state index in [1.165, 1.54) is 0 Å². The van der Waals surface area contributed by atoms with Gasteiger partial charge in [0.1, 0.15) is 5.82 Å². The monoisotopic (exact) mass is 359 g/mol. The molecule has 1 atom stereocenters. The van der Waals surface area contributed by atoms with Gasteiger partial charge in [0.05, 0.1) is 5.56 Å². The van der Waals surface area contributed by atoms with E-state index in [4.69, 9.17) is 0 Å². The van der Waals surface area contributed by atoms with Gasteiger partial charge in [-0.3, -0.25) is 14.6 Å². The summed E-state index contributed by atoms with van der Waals surface area (Å²) in [5.74, 6) is 0.648. The van der Waals surface area contributed by atoms with Crippen LogP contribution in [0.5, 0.6) is 0 Å². The number of hydrogen-bond donors (Lipinski definition) is 2. The second kappa shape index (κ2) is 6.61. The Morgan fingerprint density at radius 3 is 2.76 bits per heavy atom. The minimum Gasteiger partial charge on any atom is -0.340 e. The number of aromatic nitrogens is 2. The fraction of sp³-hybridized carbons (Fsp3) is 0.471. The molecule has 0 spiro atoms. The van der Waals surface area contributed by atoms with Gasteiger partial charge in [-0.05, 0) is 18.0 Å². The van der Waals surface area contributed by atoms with Gasteiger partial charge in [-0.1, -0.05) is 13.0 Å². The number of thiophene rings is 1. The topological polar surface area (TPSA) is 81.3 Å². The number of hydrogen-bond acceptors (Lipinski definition) is 6. The molecule has 1 amide bonds. The highest BCUT2D eigenvalue weighted by Crippen LogP contribution is 2.36. The molecule has 25 heavy (non-hydrogen) atoms. The Kier molecular flexibility index (Phi) is 4.30. The SMILES string of the molecule is CCN1CCN(c2nc3c(c(=O)[nH]2)C(c2cccs2)CC(=O)N3)CC1. The molecular weight excluding hydrogens is 338 g/mol. The van der Waals surface area contributed by atoms with Crippen molar-refractivity contribution < 1.29 is 4.79 Å². The lowest BCUT2D eigenvalue weighted by Gasteiger charge is -2.34. The summed E-state index contributed by atoms with van der Waals surface area (Å²) in [6, 6.07) is 3.91. The summed E-state index contributed by atoms with van der Waals surface area (Å²) in [5.41, 5.74) is 0.411. The van der Waals surface area contributed by atoms with Crippen LogP contribution in [0.25, 0.3) is 0 Å². The van der Waals surface area contributed by atoms with Gasteiger partial charge in [0, 0.05) is 43.4 Å². The van der Waals surface area contributed by atoms with E-state index in [1.807, 2.05) is 17.5 Å². The van der Waals surface area contributed by atoms with Gasteiger partial charge in [0.15, 0.2) is 0 Å². The first-order valence-electron chi connectivity index (χ1n) is 8.60. The van der Waals surface area contributed by atoms with Crippen LogP contribution < -0.4 is 15.8 Å². The second-order valence-corrected chi connectivity index (χ2v) is 7.37. The second-order valence-electron chi connectivity index (χ2n) is 6.39. The van der Waals surface area contributed by atoms with Gasteiger partial charge >= 0.3 is 0 Å². The number of nitrogens with one attached hydrogen (secondary N) is 2. The van der Waals surface area contributed by atoms with Crippen molar-refractivity contribution in [3.05, 3.63) is 38.3 Å². The smallest absolute Gasteiger partial charge is 0.258 e. The van der Waals surface area contributed by atoms with E-state index in [-0.39, 0.29) is 23.8 Å². The molecule has 0 aromatic carbocycles. The third kappa shape index (κ3) is 3.07. The molecule has 2 aliphatic heterocycles. The summed E-state index contributed by atoms with van der Waals surface area (Å²) in [6.45, 7) is 6.70. The van der Waals surface area contributed by atoms with E-state index in [1.54, 1.807) is 11.3 Å². The highest BCUT2D eigenvalue weighted by atomic mass is 32.1. The molecule has 132 valence electrons. The highest BCUT2D eigenvalue weighted by molar-refractivity contribution is 7.10. The highest BCUT2D eigenvalue weighted by Gasteiger charge is 2.32. The first-order valence-corrected chi connectivity index (χ1v) is 9.48. The summed E-state index contributed by atoms with van der Waals surface area (Å²) in [5, 5.41) is 4.75. The first kappa shape index (κ1) is 16.3. The van der Waals surface area contributed by atoms with Crippen molar-refractivity contribution in [2.75, 3.05) is 42.9 Å². The van der Waals surface area contributed by atoms with E-state index in [0.717, 1.165) is 37.6 Å². The van der Waals surface area contributed by atoms with Crippen LogP contribution in [0.3, 0.4) is 0 Å². The number of likely N-dealkylation sites (N-methyl/N-ethyl adjacent to an activating group) is 1. The fourth-order valence-corrected chi connectivity index (χ4v) is 4.35. The van der Waals surface area contributed by atoms with E-state index in [2.05, 4.69) is 32.0 Å². The largest absolute Gasteiger partial charge is 0.340 e. The van der Waals surface area contributed by atoms with Crippen LogP contribution in [-0.4, -0.2) is 53.5 Å². The number of aromatic amines is 1. The van der Waals surface area contributed by atoms with Crippen LogP contribution in [0, 0.1) is 0 Å². The van der Waals surface area contributed by atoms with Crippen molar-refractivity contribution in [3.8, 4) is 0 Å². The maximum atomic E-state index is 12.8. The number of H-pyrrole nitrogens is 1. The van der Waals surface area contributed by atoms with Crippen molar-refractivity contribution in [1.29, 1.82) is 0 Å². The number of nitrogens with zero attached hydrogens (tertiary/aromatic N) is 3. The quantitative estimate of drug-likeness (QED) is 0.867. The number of carbonyl (C=O) groups excluding carboxylic acids is 1. The predicted molar refractivity (Wildman–Crippen MR) is 98.6 cm³/mol. The summed E-state index contributed by atoms with van der Waals surface area (Å²) in [4.78, 5) is 37.9. The Morgan fingerprint density at radius 1 is 1.28 bits per heavy atom. The minimum atomic E-state index is -0.217. The van der Waals surface area contributed by atoms with Crippen molar-refractivity contribution in [1.82, 2.24) is 14.9 Å². The molecule has 0 saturated carbocycles. The standard InChI is InChI=1S/C17H21N5O2S/c1-2-21-5-7-22(8-6-21)17-19-15-14(16(24)20-17)11(10-13(23)18-15)12-4-3-9-25-12/h3-4,9,11H,2,5-8,10H2,1H3,(H2,18,19,20,23,24). The Bertz CT molecular complexity index is 824. The normalized spacial score (nSPS) is 21.1. The van der Waals surface area contributed by atoms with Crippen molar-refractivity contribution >= 4 is 29.0 Å². The van der Waals surface area contributed by atoms with E-state index >= 15 is 0 Å². The Balaban J connectivity index is 1.68. The number of anilines is 2. The molecule has 0 aliphatic carbocycles. The zero-order chi connectivity index (χ0) is 17.4. The maximum absolute atomic E-state index is 12.8. The van der Waals surface area contributed by atoms with Crippen LogP contribution >= 0.6 is 11.3 Å². The van der Waals surface area contributed by atoms with Gasteiger partial charge in [-0.25, -0.2) is 0 Å². The minimum absolute atomic E-state index is 0.0919. The summed E-state index contributed by atoms with van der Waals surface area (Å²) in [6.07, 6.45) is 0.285. The summed E-state index contributed by atoms with van der Waals surface area (Å²) >= 11 is 1.56. The zero-order valence-electron chi connectivity index (χ0n) is 14.1. The third-order valence-electron chi connectivity index (χ3n) is 4.94. The number of amides is 1. The molecule has 2 N–H and O–H groups in total. The van der Waals surface area contributed by atoms with Crippen LogP contribution in [0.1, 0.15) is 29.7 Å². The van der Waals surface area contributed by atoms with Gasteiger partial charge in [0.2, 0.25) is 11.9 Å². The van der Waals surface area contributed by atoms with Gasteiger partial charge in [-0.15, -0.1) is 11.3 Å². The third-order valence-corrected chi connectivity index (χ3v) is 5.93. The molecule has 7 nitrogen and oxygen atoms in total. The molecule has 2 aromatic heterocycles. The van der Waals surface area contributed by atoms with Gasteiger partial charge in [0.25, 0.3) is 5.56 Å². The van der Waals surface area contributed by atoms with Crippen LogP contribution in [0.4, 0.5) is 11.8 Å². The predicted octanol–water partition coefficient (Wildman–Crippen LogP) is 1.45. The molecule has 1 saturated heterocycles. The molecule has 0 radical (unpaired) electrons. The van der Waals surface area contributed by atoms with Crippen LogP contribution in [0.15, 0.2) is 22.3 Å². The Hall–Kier alpha value is -2.19. The lowest BCUT2D eigenvalue weighted by molar-refractivity contribution is -0.116. The molecule has 8 heteroatoms. The van der Waals surface area contributed by atoms with Crippen LogP contribution in [-0.2, 0) is 4.79 Å². The number of rotatable bonds is 3. The number of fused-ring (bicyclic) bond motifs is 1. The van der Waals surface area contributed by atoms with Gasteiger partial charge < -0.3 is 15.1 Å². The number of piperazine rings is 1. The van der Waals surface area contributed by atoms with E-state index in [9.17, 15) is 9.59 Å². The Morgan fingerprint density at radius 2 is 2.08 bits per heavy atom. The van der Waals surface area contributed by atoms with E-state index in [0.29, 0.717) is 17.3 Å². The van der Waals surface area contributed by atoms with E-state index < -0.39 is 0 Å². The first-order chi connectivity index (χ1) is 12.2. The molecule has 1 unspecified atom stereocenters. The van der Waals surface area contributed by atoms with Crippen molar-refractivity contribution in [3.63, 3.8) is 0 Å². The maximum Gasteiger partial charge on any atom is 0.258 e. The summed E-state index contributed by atoms with van der Waals surface area (Å²) < 4.78 is 0. The van der Waals surface area contributed by atoms with Crippen LogP contribution in [0.2, 0.25) is 0 Å². The average Bonchev–Trinajstić information content (AvgIpc) is 3.15. The summed E-state index contributed by atoms with van der Waals surface area (Å²) in [7, 11) is 0. The molecular formula is C17H21N5O2S. The molecule has 4 rings (SSSR count). The Labute approximate surface area is 149 Å². The molecule has 0 bridgehead atoms. The molecule has 2 aliphatic rings. The average molecular weight is 359 g/mol. The van der Waals surface area contributed by atoms with Gasteiger partial charge in [-0.2, -0.15) is 4.98 Å². The molecule has 1 fully saturated rings. The lowest BCUT2D eigenvalue weighted by Crippen LogP contribution is -2.47. The zero-order valence-corrected chi connectivity index (χ0v) is 14.9. The van der Waals surface area contributed by atoms with Crippen molar-refractivity contribution in [2.45, 2.75) is 19.3 Å². The molecule has 4 heterocycles. The lowest BCUT2D eigenvalue weighted by atomic mass is 9.92. The fourth-order valence-electron chi connectivity index (χ4n) is 3.52.